The van der Waals surface area contributed by atoms with Crippen molar-refractivity contribution in [3.05, 3.63) is 47.7 Å². The first kappa shape index (κ1) is 26.6. The Bertz CT molecular complexity index is 1090. The summed E-state index contributed by atoms with van der Waals surface area (Å²) in [7, 11) is 0. The molecule has 0 radical (unpaired) electrons. The minimum atomic E-state index is 0.0858. The van der Waals surface area contributed by atoms with Crippen LogP contribution in [-0.2, 0) is 4.79 Å². The van der Waals surface area contributed by atoms with Crippen LogP contribution in [0.4, 0.5) is 5.69 Å². The van der Waals surface area contributed by atoms with E-state index in [1.54, 1.807) is 18.0 Å². The van der Waals surface area contributed by atoms with Crippen molar-refractivity contribution < 1.29 is 9.21 Å². The van der Waals surface area contributed by atoms with Crippen molar-refractivity contribution in [1.29, 1.82) is 0 Å². The number of hydrogen-bond acceptors (Lipinski definition) is 7. The van der Waals surface area contributed by atoms with Gasteiger partial charge in [-0.25, -0.2) is 4.98 Å². The summed E-state index contributed by atoms with van der Waals surface area (Å²) in [5.41, 5.74) is 4.85. The lowest BCUT2D eigenvalue weighted by molar-refractivity contribution is -0.117. The second-order valence-electron chi connectivity index (χ2n) is 10.1. The van der Waals surface area contributed by atoms with Gasteiger partial charge in [0, 0.05) is 30.7 Å². The van der Waals surface area contributed by atoms with E-state index in [9.17, 15) is 4.79 Å². The molecule has 3 aromatic rings. The molecular weight excluding hydrogens is 470 g/mol. The minimum absolute atomic E-state index is 0.0858. The maximum absolute atomic E-state index is 13.0. The number of nitrogens with one attached hydrogen (secondary N) is 1. The van der Waals surface area contributed by atoms with Crippen LogP contribution in [-0.4, -0.2) is 70.7 Å². The third-order valence-electron chi connectivity index (χ3n) is 6.68. The molecule has 0 aliphatic carbocycles. The van der Waals surface area contributed by atoms with Gasteiger partial charge in [0.15, 0.2) is 11.2 Å². The standard InChI is InChI=1S/C28H39N5O2S/c1-20(2)22-9-5-10-23(21(3)4)26(22)30-25(34)19-33-14-7-13-32(16-17-33)15-8-18-36-28-31-27-24(35-28)11-6-12-29-27/h5-6,9-12,20-21H,7-8,13-19H2,1-4H3,(H,30,34). The molecule has 1 fully saturated rings. The number of anilines is 1. The smallest absolute Gasteiger partial charge is 0.258 e. The molecule has 4 rings (SSSR count). The van der Waals surface area contributed by atoms with Crippen molar-refractivity contribution in [2.24, 2.45) is 0 Å². The van der Waals surface area contributed by atoms with Gasteiger partial charge in [-0.1, -0.05) is 57.7 Å². The molecule has 0 saturated carbocycles. The minimum Gasteiger partial charge on any atom is -0.430 e. The number of carbonyl (C=O) groups excluding carboxylic acids is 1. The predicted molar refractivity (Wildman–Crippen MR) is 148 cm³/mol. The van der Waals surface area contributed by atoms with Gasteiger partial charge in [-0.15, -0.1) is 0 Å². The zero-order chi connectivity index (χ0) is 25.5. The molecule has 0 spiro atoms. The zero-order valence-electron chi connectivity index (χ0n) is 22.0. The van der Waals surface area contributed by atoms with Crippen LogP contribution in [0.25, 0.3) is 11.2 Å². The van der Waals surface area contributed by atoms with Gasteiger partial charge in [-0.05, 0) is 67.6 Å². The first-order chi connectivity index (χ1) is 17.4. The van der Waals surface area contributed by atoms with E-state index in [1.807, 2.05) is 12.1 Å². The van der Waals surface area contributed by atoms with E-state index < -0.39 is 0 Å². The normalized spacial score (nSPS) is 15.6. The first-order valence-corrected chi connectivity index (χ1v) is 14.1. The van der Waals surface area contributed by atoms with Crippen molar-refractivity contribution in [2.45, 2.75) is 57.6 Å². The number of hydrogen-bond donors (Lipinski definition) is 1. The highest BCUT2D eigenvalue weighted by Gasteiger charge is 2.20. The molecule has 1 N–H and O–H groups in total. The molecule has 1 aliphatic heterocycles. The summed E-state index contributed by atoms with van der Waals surface area (Å²) in [5.74, 6) is 1.78. The molecule has 0 unspecified atom stereocenters. The summed E-state index contributed by atoms with van der Waals surface area (Å²) in [4.78, 5) is 26.5. The number of benzene rings is 1. The summed E-state index contributed by atoms with van der Waals surface area (Å²) in [5, 5.41) is 3.96. The topological polar surface area (TPSA) is 74.5 Å². The lowest BCUT2D eigenvalue weighted by atomic mass is 9.92. The van der Waals surface area contributed by atoms with Crippen LogP contribution in [0.3, 0.4) is 0 Å². The molecule has 2 aromatic heterocycles. The molecule has 1 saturated heterocycles. The highest BCUT2D eigenvalue weighted by Crippen LogP contribution is 2.32. The number of oxazole rings is 1. The van der Waals surface area contributed by atoms with Crippen LogP contribution in [0.15, 0.2) is 46.2 Å². The quantitative estimate of drug-likeness (QED) is 0.282. The molecule has 1 aliphatic rings. The van der Waals surface area contributed by atoms with Crippen LogP contribution in [0.1, 0.15) is 63.5 Å². The van der Waals surface area contributed by atoms with E-state index in [2.05, 4.69) is 71.0 Å². The van der Waals surface area contributed by atoms with Crippen LogP contribution in [0, 0.1) is 0 Å². The SMILES string of the molecule is CC(C)c1cccc(C(C)C)c1NC(=O)CN1CCCN(CCCSc2nc3ncccc3o2)CC1. The van der Waals surface area contributed by atoms with Crippen molar-refractivity contribution in [3.63, 3.8) is 0 Å². The summed E-state index contributed by atoms with van der Waals surface area (Å²) in [6, 6.07) is 10.1. The lowest BCUT2D eigenvalue weighted by Gasteiger charge is -2.23. The maximum Gasteiger partial charge on any atom is 0.258 e. The lowest BCUT2D eigenvalue weighted by Crippen LogP contribution is -2.37. The van der Waals surface area contributed by atoms with Gasteiger partial charge in [-0.3, -0.25) is 9.69 Å². The number of rotatable bonds is 10. The fourth-order valence-electron chi connectivity index (χ4n) is 4.74. The Morgan fingerprint density at radius 2 is 1.75 bits per heavy atom. The fourth-order valence-corrected chi connectivity index (χ4v) is 5.49. The Morgan fingerprint density at radius 1 is 1.03 bits per heavy atom. The number of nitrogens with zero attached hydrogens (tertiary/aromatic N) is 4. The van der Waals surface area contributed by atoms with Gasteiger partial charge in [-0.2, -0.15) is 4.98 Å². The number of amides is 1. The Hall–Kier alpha value is -2.42. The predicted octanol–water partition coefficient (Wildman–Crippen LogP) is 5.60. The Labute approximate surface area is 219 Å². The Balaban J connectivity index is 1.22. The number of thioether (sulfide) groups is 1. The van der Waals surface area contributed by atoms with Crippen LogP contribution in [0.2, 0.25) is 0 Å². The average molecular weight is 510 g/mol. The van der Waals surface area contributed by atoms with E-state index in [1.165, 1.54) is 11.1 Å². The second kappa shape index (κ2) is 12.7. The number of fused-ring (bicyclic) bond motifs is 1. The number of para-hydroxylation sites is 1. The highest BCUT2D eigenvalue weighted by atomic mass is 32.2. The second-order valence-corrected chi connectivity index (χ2v) is 11.2. The Kier molecular flexibility index (Phi) is 9.40. The van der Waals surface area contributed by atoms with Gasteiger partial charge >= 0.3 is 0 Å². The molecule has 194 valence electrons. The largest absolute Gasteiger partial charge is 0.430 e. The molecule has 0 bridgehead atoms. The number of aromatic nitrogens is 2. The van der Waals surface area contributed by atoms with Gasteiger partial charge in [0.2, 0.25) is 5.91 Å². The summed E-state index contributed by atoms with van der Waals surface area (Å²) in [6.45, 7) is 14.2. The maximum atomic E-state index is 13.0. The third kappa shape index (κ3) is 7.08. The summed E-state index contributed by atoms with van der Waals surface area (Å²) in [6.07, 6.45) is 3.89. The van der Waals surface area contributed by atoms with Crippen molar-refractivity contribution in [2.75, 3.05) is 50.3 Å². The Morgan fingerprint density at radius 3 is 2.47 bits per heavy atom. The molecule has 3 heterocycles. The molecule has 1 amide bonds. The van der Waals surface area contributed by atoms with Gasteiger partial charge < -0.3 is 14.6 Å². The molecule has 0 atom stereocenters. The van der Waals surface area contributed by atoms with Gasteiger partial charge in [0.05, 0.1) is 6.54 Å². The van der Waals surface area contributed by atoms with Crippen LogP contribution < -0.4 is 5.32 Å². The van der Waals surface area contributed by atoms with Crippen LogP contribution in [0.5, 0.6) is 0 Å². The molecule has 36 heavy (non-hydrogen) atoms. The van der Waals surface area contributed by atoms with E-state index in [-0.39, 0.29) is 5.91 Å². The first-order valence-electron chi connectivity index (χ1n) is 13.1. The van der Waals surface area contributed by atoms with E-state index >= 15 is 0 Å². The highest BCUT2D eigenvalue weighted by molar-refractivity contribution is 7.99. The van der Waals surface area contributed by atoms with Crippen molar-refractivity contribution in [1.82, 2.24) is 19.8 Å². The molecular formula is C28H39N5O2S. The average Bonchev–Trinajstić information content (AvgIpc) is 3.14. The molecule has 1 aromatic carbocycles. The molecule has 7 nitrogen and oxygen atoms in total. The summed E-state index contributed by atoms with van der Waals surface area (Å²) < 4.78 is 5.75. The fraction of sp³-hybridized carbons (Fsp3) is 0.536. The van der Waals surface area contributed by atoms with E-state index in [0.717, 1.165) is 62.6 Å². The molecule has 8 heteroatoms. The van der Waals surface area contributed by atoms with Gasteiger partial charge in [0.1, 0.15) is 0 Å². The number of carbonyl (C=O) groups is 1. The van der Waals surface area contributed by atoms with E-state index in [4.69, 9.17) is 4.42 Å². The van der Waals surface area contributed by atoms with E-state index in [0.29, 0.717) is 29.3 Å². The zero-order valence-corrected chi connectivity index (χ0v) is 22.8. The van der Waals surface area contributed by atoms with Crippen molar-refractivity contribution in [3.8, 4) is 0 Å². The summed E-state index contributed by atoms with van der Waals surface area (Å²) >= 11 is 1.65. The van der Waals surface area contributed by atoms with Crippen molar-refractivity contribution >= 4 is 34.6 Å². The monoisotopic (exact) mass is 509 g/mol. The van der Waals surface area contributed by atoms with Crippen LogP contribution >= 0.6 is 11.8 Å². The number of pyridine rings is 1. The third-order valence-corrected chi connectivity index (χ3v) is 7.59. The van der Waals surface area contributed by atoms with Gasteiger partial charge in [0.25, 0.3) is 5.22 Å².